The third-order valence-corrected chi connectivity index (χ3v) is 12.0. The number of nitrogens with one attached hydrogen (secondary N) is 3. The number of esters is 1. The number of benzene rings is 6. The number of ether oxygens (including phenoxy) is 2. The zero-order chi connectivity index (χ0) is 45.0. The van der Waals surface area contributed by atoms with E-state index in [2.05, 4.69) is 44.8 Å². The van der Waals surface area contributed by atoms with Crippen molar-refractivity contribution in [1.29, 1.82) is 0 Å². The van der Waals surface area contributed by atoms with E-state index in [4.69, 9.17) is 9.47 Å². The van der Waals surface area contributed by atoms with Crippen LogP contribution in [0.5, 0.6) is 11.5 Å². The van der Waals surface area contributed by atoms with Crippen LogP contribution >= 0.6 is 0 Å². The zero-order valence-electron chi connectivity index (χ0n) is 36.2. The van der Waals surface area contributed by atoms with E-state index in [9.17, 15) is 24.6 Å². The van der Waals surface area contributed by atoms with Crippen LogP contribution in [0.2, 0.25) is 0 Å². The van der Waals surface area contributed by atoms with Crippen molar-refractivity contribution in [3.63, 3.8) is 0 Å². The van der Waals surface area contributed by atoms with Crippen LogP contribution in [0.25, 0.3) is 10.9 Å². The van der Waals surface area contributed by atoms with Gasteiger partial charge in [0.05, 0.1) is 18.2 Å². The SMILES string of the molecule is O=C(NCc1ccc(COc2cccc(C(C(=O)OCC3CCN(Cc4ccccc4)CC3)c3ccccc3)c2)cc1)c1ccc(CNC[C@H](O)c2ccc(O)c3[nH]c(=O)ccc23)cc1. The molecule has 7 aromatic rings. The first kappa shape index (κ1) is 44.6. The predicted molar refractivity (Wildman–Crippen MR) is 251 cm³/mol. The molecule has 2 atom stereocenters. The van der Waals surface area contributed by atoms with Gasteiger partial charge >= 0.3 is 5.97 Å². The van der Waals surface area contributed by atoms with Crippen LogP contribution in [-0.4, -0.2) is 58.2 Å². The zero-order valence-corrected chi connectivity index (χ0v) is 36.2. The van der Waals surface area contributed by atoms with Gasteiger partial charge in [0.2, 0.25) is 5.56 Å². The van der Waals surface area contributed by atoms with E-state index in [0.717, 1.165) is 60.3 Å². The number of rotatable bonds is 18. The fraction of sp³-hybridized carbons (Fsp3) is 0.241. The summed E-state index contributed by atoms with van der Waals surface area (Å²) >= 11 is 0. The number of aromatic amines is 1. The summed E-state index contributed by atoms with van der Waals surface area (Å²) in [7, 11) is 0. The summed E-state index contributed by atoms with van der Waals surface area (Å²) in [6.45, 7) is 4.71. The molecule has 1 fully saturated rings. The number of piperidine rings is 1. The van der Waals surface area contributed by atoms with Gasteiger partial charge in [0.1, 0.15) is 24.0 Å². The molecule has 6 aromatic carbocycles. The molecule has 1 unspecified atom stereocenters. The third-order valence-electron chi connectivity index (χ3n) is 12.0. The molecule has 1 aliphatic heterocycles. The first-order valence-electron chi connectivity index (χ1n) is 22.1. The van der Waals surface area contributed by atoms with Crippen molar-refractivity contribution >= 4 is 22.8 Å². The molecule has 1 saturated heterocycles. The molecule has 8 rings (SSSR count). The molecule has 1 amide bonds. The lowest BCUT2D eigenvalue weighted by Crippen LogP contribution is -2.35. The molecule has 0 spiro atoms. The number of carbonyl (C=O) groups is 2. The molecule has 2 heterocycles. The van der Waals surface area contributed by atoms with E-state index in [1.807, 2.05) is 97.1 Å². The Hall–Kier alpha value is -7.05. The van der Waals surface area contributed by atoms with Gasteiger partial charge in [-0.25, -0.2) is 0 Å². The highest BCUT2D eigenvalue weighted by molar-refractivity contribution is 5.94. The van der Waals surface area contributed by atoms with E-state index >= 15 is 0 Å². The second-order valence-corrected chi connectivity index (χ2v) is 16.7. The number of nitrogens with zero attached hydrogens (tertiary/aromatic N) is 1. The lowest BCUT2D eigenvalue weighted by molar-refractivity contribution is -0.146. The van der Waals surface area contributed by atoms with Crippen LogP contribution in [0.4, 0.5) is 0 Å². The second-order valence-electron chi connectivity index (χ2n) is 16.7. The van der Waals surface area contributed by atoms with Crippen molar-refractivity contribution < 1.29 is 29.3 Å². The summed E-state index contributed by atoms with van der Waals surface area (Å²) in [6.07, 6.45) is 1.12. The maximum absolute atomic E-state index is 13.8. The molecule has 0 aliphatic carbocycles. The Bertz CT molecular complexity index is 2720. The fourth-order valence-electron chi connectivity index (χ4n) is 8.32. The van der Waals surface area contributed by atoms with Gasteiger partial charge in [-0.3, -0.25) is 19.3 Å². The van der Waals surface area contributed by atoms with Crippen molar-refractivity contribution in [3.8, 4) is 11.5 Å². The monoisotopic (exact) mass is 870 g/mol. The number of aliphatic hydroxyl groups excluding tert-OH is 1. The molecule has 0 bridgehead atoms. The number of pyridine rings is 1. The minimum absolute atomic E-state index is 0.0589. The smallest absolute Gasteiger partial charge is 0.317 e. The number of amides is 1. The van der Waals surface area contributed by atoms with Gasteiger partial charge in [0.25, 0.3) is 5.91 Å². The van der Waals surface area contributed by atoms with Crippen LogP contribution in [0.1, 0.15) is 74.2 Å². The Balaban J connectivity index is 0.785. The lowest BCUT2D eigenvalue weighted by Gasteiger charge is -2.32. The van der Waals surface area contributed by atoms with E-state index < -0.39 is 12.0 Å². The molecule has 5 N–H and O–H groups in total. The number of phenols is 1. The number of H-pyrrole nitrogens is 1. The van der Waals surface area contributed by atoms with Crippen LogP contribution in [0.3, 0.4) is 0 Å². The minimum Gasteiger partial charge on any atom is -0.506 e. The summed E-state index contributed by atoms with van der Waals surface area (Å²) in [6, 6.07) is 49.2. The minimum atomic E-state index is -0.875. The van der Waals surface area contributed by atoms with Gasteiger partial charge in [-0.1, -0.05) is 115 Å². The molecular weight excluding hydrogens is 817 g/mol. The molecule has 0 saturated carbocycles. The standard InChI is InChI=1S/C54H54N4O7/c59-48-24-22-46(47-23-25-50(61)57-52(47)48)49(60)33-55-31-37-18-20-43(21-19-37)53(62)56-32-38-14-16-40(17-15-38)35-64-45-13-7-12-44(30-45)51(42-10-5-2-6-11-42)54(63)65-36-41-26-28-58(29-27-41)34-39-8-3-1-4-9-39/h1-25,30,41,49,51,55,59-60H,26-29,31-36H2,(H,56,62)(H,57,61)/t49-,51?/m0/s1. The third kappa shape index (κ3) is 12.0. The highest BCUT2D eigenvalue weighted by Crippen LogP contribution is 2.31. The molecule has 1 aliphatic rings. The molecule has 65 heavy (non-hydrogen) atoms. The first-order valence-corrected chi connectivity index (χ1v) is 22.1. The highest BCUT2D eigenvalue weighted by Gasteiger charge is 2.27. The van der Waals surface area contributed by atoms with Crippen molar-refractivity contribution in [1.82, 2.24) is 20.5 Å². The largest absolute Gasteiger partial charge is 0.506 e. The van der Waals surface area contributed by atoms with E-state index in [1.165, 1.54) is 17.7 Å². The fourth-order valence-corrected chi connectivity index (χ4v) is 8.32. The van der Waals surface area contributed by atoms with Crippen molar-refractivity contribution in [2.24, 2.45) is 5.92 Å². The first-order chi connectivity index (χ1) is 31.8. The summed E-state index contributed by atoms with van der Waals surface area (Å²) in [5.74, 6) is -0.106. The number of phenolic OH excluding ortho intramolecular Hbond substituents is 1. The number of aromatic nitrogens is 1. The number of carbonyl (C=O) groups excluding carboxylic acids is 2. The van der Waals surface area contributed by atoms with Gasteiger partial charge in [-0.05, 0) is 107 Å². The molecule has 11 heteroatoms. The topological polar surface area (TPSA) is 153 Å². The summed E-state index contributed by atoms with van der Waals surface area (Å²) in [4.78, 5) is 43.6. The van der Waals surface area contributed by atoms with Crippen LogP contribution in [0, 0.1) is 5.92 Å². The highest BCUT2D eigenvalue weighted by atomic mass is 16.5. The van der Waals surface area contributed by atoms with Crippen LogP contribution in [0.15, 0.2) is 163 Å². The average molecular weight is 871 g/mol. The molecule has 1 aromatic heterocycles. The number of hydrogen-bond acceptors (Lipinski definition) is 9. The number of aromatic hydroxyl groups is 1. The maximum atomic E-state index is 13.8. The predicted octanol–water partition coefficient (Wildman–Crippen LogP) is 8.15. The van der Waals surface area contributed by atoms with Gasteiger partial charge in [-0.2, -0.15) is 0 Å². The molecule has 0 radical (unpaired) electrons. The van der Waals surface area contributed by atoms with E-state index in [0.29, 0.717) is 54.5 Å². The Morgan fingerprint density at radius 3 is 2.15 bits per heavy atom. The van der Waals surface area contributed by atoms with Crippen LogP contribution < -0.4 is 20.9 Å². The quantitative estimate of drug-likeness (QED) is 0.0538. The lowest BCUT2D eigenvalue weighted by atomic mass is 9.91. The normalized spacial score (nSPS) is 14.1. The number of hydrogen-bond donors (Lipinski definition) is 5. The Kier molecular flexibility index (Phi) is 14.8. The van der Waals surface area contributed by atoms with Crippen LogP contribution in [-0.2, 0) is 35.8 Å². The average Bonchev–Trinajstić information content (AvgIpc) is 3.34. The Morgan fingerprint density at radius 1 is 0.723 bits per heavy atom. The molecule has 11 nitrogen and oxygen atoms in total. The van der Waals surface area contributed by atoms with Crippen molar-refractivity contribution in [2.45, 2.75) is 51.1 Å². The number of fused-ring (bicyclic) bond motifs is 1. The van der Waals surface area contributed by atoms with Gasteiger partial charge in [0.15, 0.2) is 0 Å². The van der Waals surface area contributed by atoms with Gasteiger partial charge in [0, 0.05) is 43.2 Å². The maximum Gasteiger partial charge on any atom is 0.317 e. The summed E-state index contributed by atoms with van der Waals surface area (Å²) < 4.78 is 12.3. The van der Waals surface area contributed by atoms with E-state index in [1.54, 1.807) is 24.3 Å². The second kappa shape index (κ2) is 21.6. The summed E-state index contributed by atoms with van der Waals surface area (Å²) in [5, 5.41) is 27.8. The van der Waals surface area contributed by atoms with Crippen molar-refractivity contribution in [2.75, 3.05) is 26.2 Å². The number of likely N-dealkylation sites (tertiary alicyclic amines) is 1. The van der Waals surface area contributed by atoms with E-state index in [-0.39, 0.29) is 35.2 Å². The summed E-state index contributed by atoms with van der Waals surface area (Å²) in [5.41, 5.74) is 6.91. The van der Waals surface area contributed by atoms with Crippen molar-refractivity contribution in [3.05, 3.63) is 213 Å². The Morgan fingerprint density at radius 2 is 1.40 bits per heavy atom. The Labute approximate surface area is 378 Å². The molecule has 332 valence electrons. The molecular formula is C54H54N4O7. The van der Waals surface area contributed by atoms with Gasteiger partial charge < -0.3 is 35.3 Å². The van der Waals surface area contributed by atoms with Gasteiger partial charge in [-0.15, -0.1) is 0 Å². The number of aliphatic hydroxyl groups is 1.